The normalized spacial score (nSPS) is 10.7. The van der Waals surface area contributed by atoms with Gasteiger partial charge in [-0.15, -0.1) is 0 Å². The third-order valence-electron chi connectivity index (χ3n) is 4.17. The smallest absolute Gasteiger partial charge is 0.160 e. The van der Waals surface area contributed by atoms with Gasteiger partial charge in [-0.1, -0.05) is 83.8 Å². The first kappa shape index (κ1) is 16.6. The van der Waals surface area contributed by atoms with Gasteiger partial charge in [-0.3, -0.25) is 0 Å². The second-order valence-corrected chi connectivity index (χ2v) is 6.65. The maximum absolute atomic E-state index is 6.27. The Balaban J connectivity index is 1.93. The number of hydrogen-bond donors (Lipinski definition) is 0. The molecule has 0 bridgehead atoms. The molecule has 2 nitrogen and oxygen atoms in total. The van der Waals surface area contributed by atoms with E-state index in [0.717, 1.165) is 33.5 Å². The van der Waals surface area contributed by atoms with E-state index in [4.69, 9.17) is 21.6 Å². The Hall–Kier alpha value is -2.91. The van der Waals surface area contributed by atoms with Crippen molar-refractivity contribution >= 4 is 24.9 Å². The van der Waals surface area contributed by atoms with E-state index in [1.807, 2.05) is 74.6 Å². The summed E-state index contributed by atoms with van der Waals surface area (Å²) in [5.41, 5.74) is 5.91. The Morgan fingerprint density at radius 3 is 1.81 bits per heavy atom. The van der Waals surface area contributed by atoms with Crippen LogP contribution in [0.3, 0.4) is 0 Å². The van der Waals surface area contributed by atoms with Gasteiger partial charge < -0.3 is 0 Å². The Labute approximate surface area is 158 Å². The molecule has 0 aliphatic carbocycles. The molecule has 124 valence electrons. The van der Waals surface area contributed by atoms with Crippen molar-refractivity contribution < 1.29 is 0 Å². The monoisotopic (exact) mass is 354 g/mol. The third kappa shape index (κ3) is 3.53. The largest absolute Gasteiger partial charge is 0.228 e. The number of hydrogen-bond acceptors (Lipinski definition) is 2. The average Bonchev–Trinajstić information content (AvgIpc) is 2.68. The summed E-state index contributed by atoms with van der Waals surface area (Å²) in [6.07, 6.45) is 0. The van der Waals surface area contributed by atoms with Gasteiger partial charge >= 0.3 is 0 Å². The second kappa shape index (κ2) is 7.15. The zero-order valence-electron chi connectivity index (χ0n) is 14.4. The van der Waals surface area contributed by atoms with Crippen molar-refractivity contribution in [2.75, 3.05) is 0 Å². The summed E-state index contributed by atoms with van der Waals surface area (Å²) in [7, 11) is 2.03. The molecule has 26 heavy (non-hydrogen) atoms. The number of benzene rings is 3. The van der Waals surface area contributed by atoms with Gasteiger partial charge in [0.1, 0.15) is 7.85 Å². The van der Waals surface area contributed by atoms with Gasteiger partial charge in [0.15, 0.2) is 5.82 Å². The fourth-order valence-electron chi connectivity index (χ4n) is 2.95. The molecule has 0 spiro atoms. The molecule has 3 aromatic carbocycles. The van der Waals surface area contributed by atoms with E-state index < -0.39 is 0 Å². The molecule has 4 aromatic rings. The van der Waals surface area contributed by atoms with E-state index in [2.05, 4.69) is 18.2 Å². The minimum atomic E-state index is 0.708. The van der Waals surface area contributed by atoms with E-state index >= 15 is 0 Å². The molecular weight excluding hydrogens is 339 g/mol. The third-order valence-corrected chi connectivity index (χ3v) is 4.38. The zero-order valence-corrected chi connectivity index (χ0v) is 15.1. The molecule has 1 aromatic heterocycles. The van der Waals surface area contributed by atoms with Gasteiger partial charge in [0.2, 0.25) is 0 Å². The summed E-state index contributed by atoms with van der Waals surface area (Å²) in [5, 5.41) is 0.709. The molecule has 0 N–H and O–H groups in total. The molecule has 0 aliphatic heterocycles. The van der Waals surface area contributed by atoms with E-state index in [-0.39, 0.29) is 0 Å². The highest BCUT2D eigenvalue weighted by atomic mass is 35.5. The molecular formula is C22H16BClN2. The lowest BCUT2D eigenvalue weighted by Gasteiger charge is -2.10. The van der Waals surface area contributed by atoms with Crippen LogP contribution in [0.1, 0.15) is 0 Å². The SMILES string of the molecule is Bc1cc(Cl)cc(-c2cc(-c3ccccc3)nc(-c3ccccc3)n2)c1. The molecule has 0 aliphatic rings. The van der Waals surface area contributed by atoms with Gasteiger partial charge in [-0.25, -0.2) is 9.97 Å². The van der Waals surface area contributed by atoms with Crippen LogP contribution in [0.2, 0.25) is 5.02 Å². The molecule has 0 atom stereocenters. The minimum absolute atomic E-state index is 0.708. The summed E-state index contributed by atoms with van der Waals surface area (Å²) in [4.78, 5) is 9.61. The molecule has 1 heterocycles. The first-order valence-corrected chi connectivity index (χ1v) is 8.84. The molecule has 4 rings (SSSR count). The predicted molar refractivity (Wildman–Crippen MR) is 112 cm³/mol. The van der Waals surface area contributed by atoms with Crippen LogP contribution in [-0.4, -0.2) is 17.8 Å². The van der Waals surface area contributed by atoms with E-state index in [9.17, 15) is 0 Å². The Kier molecular flexibility index (Phi) is 4.55. The lowest BCUT2D eigenvalue weighted by atomic mass is 9.93. The number of nitrogens with zero attached hydrogens (tertiary/aromatic N) is 2. The molecule has 0 radical (unpaired) electrons. The first-order chi connectivity index (χ1) is 12.7. The van der Waals surface area contributed by atoms with Crippen molar-refractivity contribution in [2.24, 2.45) is 0 Å². The van der Waals surface area contributed by atoms with Gasteiger partial charge in [0, 0.05) is 21.7 Å². The van der Waals surface area contributed by atoms with Crippen LogP contribution in [0.25, 0.3) is 33.9 Å². The van der Waals surface area contributed by atoms with Crippen molar-refractivity contribution in [1.82, 2.24) is 9.97 Å². The topological polar surface area (TPSA) is 25.8 Å². The van der Waals surface area contributed by atoms with Crippen molar-refractivity contribution in [3.8, 4) is 33.9 Å². The van der Waals surface area contributed by atoms with Crippen LogP contribution in [0.4, 0.5) is 0 Å². The van der Waals surface area contributed by atoms with Crippen molar-refractivity contribution in [3.05, 3.63) is 90.0 Å². The Morgan fingerprint density at radius 2 is 1.19 bits per heavy atom. The van der Waals surface area contributed by atoms with Gasteiger partial charge in [-0.05, 0) is 18.2 Å². The average molecular weight is 355 g/mol. The van der Waals surface area contributed by atoms with Crippen LogP contribution in [0, 0.1) is 0 Å². The Morgan fingerprint density at radius 1 is 0.615 bits per heavy atom. The van der Waals surface area contributed by atoms with Gasteiger partial charge in [-0.2, -0.15) is 0 Å². The summed E-state index contributed by atoms with van der Waals surface area (Å²) >= 11 is 6.27. The van der Waals surface area contributed by atoms with E-state index in [1.54, 1.807) is 0 Å². The molecule has 0 amide bonds. The van der Waals surface area contributed by atoms with Crippen molar-refractivity contribution in [1.29, 1.82) is 0 Å². The van der Waals surface area contributed by atoms with Gasteiger partial charge in [0.25, 0.3) is 0 Å². The maximum Gasteiger partial charge on any atom is 0.160 e. The van der Waals surface area contributed by atoms with Crippen LogP contribution in [-0.2, 0) is 0 Å². The molecule has 0 saturated carbocycles. The predicted octanol–water partition coefficient (Wildman–Crippen LogP) is 4.39. The van der Waals surface area contributed by atoms with Crippen LogP contribution < -0.4 is 5.46 Å². The summed E-state index contributed by atoms with van der Waals surface area (Å²) in [5.74, 6) is 0.708. The highest BCUT2D eigenvalue weighted by Gasteiger charge is 2.11. The quantitative estimate of drug-likeness (QED) is 0.510. The van der Waals surface area contributed by atoms with E-state index in [1.165, 1.54) is 0 Å². The lowest BCUT2D eigenvalue weighted by Crippen LogP contribution is -2.03. The summed E-state index contributed by atoms with van der Waals surface area (Å²) in [6.45, 7) is 0. The molecule has 0 fully saturated rings. The summed E-state index contributed by atoms with van der Waals surface area (Å²) in [6, 6.07) is 28.2. The molecule has 0 saturated heterocycles. The number of aromatic nitrogens is 2. The van der Waals surface area contributed by atoms with Gasteiger partial charge in [0.05, 0.1) is 11.4 Å². The fraction of sp³-hybridized carbons (Fsp3) is 0. The number of halogens is 1. The second-order valence-electron chi connectivity index (χ2n) is 6.21. The van der Waals surface area contributed by atoms with Crippen molar-refractivity contribution in [2.45, 2.75) is 0 Å². The lowest BCUT2D eigenvalue weighted by molar-refractivity contribution is 1.18. The van der Waals surface area contributed by atoms with Crippen LogP contribution >= 0.6 is 11.6 Å². The maximum atomic E-state index is 6.27. The van der Waals surface area contributed by atoms with Crippen LogP contribution in [0.15, 0.2) is 84.9 Å². The minimum Gasteiger partial charge on any atom is -0.228 e. The standard InChI is InChI=1S/C22H16BClN2/c23-18-11-17(12-19(24)13-18)21-14-20(15-7-3-1-4-8-15)25-22(26-21)16-9-5-2-6-10-16/h1-14H,23H2. The first-order valence-electron chi connectivity index (χ1n) is 8.46. The van der Waals surface area contributed by atoms with Crippen molar-refractivity contribution in [3.63, 3.8) is 0 Å². The number of rotatable bonds is 3. The Bertz CT molecular complexity index is 972. The highest BCUT2D eigenvalue weighted by molar-refractivity contribution is 6.36. The van der Waals surface area contributed by atoms with E-state index in [0.29, 0.717) is 10.8 Å². The molecule has 0 unspecified atom stereocenters. The molecule has 4 heteroatoms. The highest BCUT2D eigenvalue weighted by Crippen LogP contribution is 2.28. The fourth-order valence-corrected chi connectivity index (χ4v) is 3.24. The van der Waals surface area contributed by atoms with Crippen LogP contribution in [0.5, 0.6) is 0 Å². The summed E-state index contributed by atoms with van der Waals surface area (Å²) < 4.78 is 0. The zero-order chi connectivity index (χ0) is 17.9.